The van der Waals surface area contributed by atoms with Crippen LogP contribution in [0.3, 0.4) is 0 Å². The van der Waals surface area contributed by atoms with Crippen molar-refractivity contribution < 1.29 is 9.53 Å². The Labute approximate surface area is 182 Å². The van der Waals surface area contributed by atoms with Crippen molar-refractivity contribution in [3.63, 3.8) is 0 Å². The second-order valence-electron chi connectivity index (χ2n) is 6.43. The number of carbonyl (C=O) groups is 1. The number of guanidine groups is 1. The number of hydrogen-bond donors (Lipinski definition) is 2. The molecule has 2 N–H and O–H groups in total. The molecule has 28 heavy (non-hydrogen) atoms. The number of aromatic nitrogens is 2. The van der Waals surface area contributed by atoms with Gasteiger partial charge in [-0.1, -0.05) is 12.1 Å². The van der Waals surface area contributed by atoms with Gasteiger partial charge in [-0.2, -0.15) is 5.10 Å². The summed E-state index contributed by atoms with van der Waals surface area (Å²) in [6.45, 7) is 2.71. The molecule has 152 valence electrons. The molecule has 0 spiro atoms. The molecule has 1 atom stereocenters. The lowest BCUT2D eigenvalue weighted by molar-refractivity contribution is -0.00805. The van der Waals surface area contributed by atoms with Crippen LogP contribution in [0.25, 0.3) is 0 Å². The molecule has 1 aromatic carbocycles. The van der Waals surface area contributed by atoms with E-state index in [1.807, 2.05) is 37.6 Å². The van der Waals surface area contributed by atoms with Crippen molar-refractivity contribution in [2.24, 2.45) is 12.0 Å². The zero-order valence-corrected chi connectivity index (χ0v) is 18.7. The van der Waals surface area contributed by atoms with Crippen LogP contribution < -0.4 is 10.6 Å². The third-order valence-corrected chi connectivity index (χ3v) is 4.54. The van der Waals surface area contributed by atoms with Crippen molar-refractivity contribution in [3.8, 4) is 0 Å². The first-order valence-electron chi connectivity index (χ1n) is 8.97. The lowest BCUT2D eigenvalue weighted by Gasteiger charge is -2.34. The number of rotatable bonds is 4. The van der Waals surface area contributed by atoms with Gasteiger partial charge in [0.15, 0.2) is 5.96 Å². The van der Waals surface area contributed by atoms with Crippen molar-refractivity contribution in [2.75, 3.05) is 33.8 Å². The van der Waals surface area contributed by atoms with Gasteiger partial charge in [0.1, 0.15) is 6.10 Å². The van der Waals surface area contributed by atoms with Gasteiger partial charge in [-0.15, -0.1) is 24.0 Å². The minimum Gasteiger partial charge on any atom is -0.370 e. The van der Waals surface area contributed by atoms with Gasteiger partial charge in [0.2, 0.25) is 0 Å². The highest BCUT2D eigenvalue weighted by atomic mass is 127. The zero-order valence-electron chi connectivity index (χ0n) is 16.4. The molecule has 0 radical (unpaired) electrons. The predicted molar refractivity (Wildman–Crippen MR) is 119 cm³/mol. The van der Waals surface area contributed by atoms with Gasteiger partial charge in [-0.05, 0) is 17.7 Å². The minimum atomic E-state index is -0.0891. The minimum absolute atomic E-state index is 0. The van der Waals surface area contributed by atoms with Crippen LogP contribution in [0.4, 0.5) is 0 Å². The summed E-state index contributed by atoms with van der Waals surface area (Å²) >= 11 is 0. The molecule has 1 unspecified atom stereocenters. The molecule has 1 amide bonds. The summed E-state index contributed by atoms with van der Waals surface area (Å²) < 4.78 is 7.68. The van der Waals surface area contributed by atoms with Crippen LogP contribution >= 0.6 is 24.0 Å². The molecule has 1 aliphatic heterocycles. The van der Waals surface area contributed by atoms with Crippen molar-refractivity contribution in [1.29, 1.82) is 0 Å². The van der Waals surface area contributed by atoms with Crippen LogP contribution in [-0.4, -0.2) is 60.3 Å². The smallest absolute Gasteiger partial charge is 0.251 e. The fraction of sp³-hybridized carbons (Fsp3) is 0.421. The normalized spacial score (nSPS) is 17.0. The second-order valence-corrected chi connectivity index (χ2v) is 6.43. The summed E-state index contributed by atoms with van der Waals surface area (Å²) in [5.41, 5.74) is 2.74. The van der Waals surface area contributed by atoms with E-state index < -0.39 is 0 Å². The number of nitrogens with one attached hydrogen (secondary N) is 2. The highest BCUT2D eigenvalue weighted by molar-refractivity contribution is 14.0. The molecule has 1 aromatic heterocycles. The van der Waals surface area contributed by atoms with E-state index in [1.165, 1.54) is 0 Å². The number of amides is 1. The maximum atomic E-state index is 11.8. The summed E-state index contributed by atoms with van der Waals surface area (Å²) in [6, 6.07) is 7.57. The van der Waals surface area contributed by atoms with E-state index in [-0.39, 0.29) is 36.0 Å². The highest BCUT2D eigenvalue weighted by Gasteiger charge is 2.25. The van der Waals surface area contributed by atoms with Gasteiger partial charge in [0.05, 0.1) is 19.3 Å². The number of halogens is 1. The molecule has 1 fully saturated rings. The van der Waals surface area contributed by atoms with E-state index in [0.29, 0.717) is 25.3 Å². The van der Waals surface area contributed by atoms with E-state index in [4.69, 9.17) is 4.74 Å². The van der Waals surface area contributed by atoms with Crippen LogP contribution in [0.1, 0.15) is 27.6 Å². The van der Waals surface area contributed by atoms with Crippen molar-refractivity contribution in [2.45, 2.75) is 12.6 Å². The van der Waals surface area contributed by atoms with Gasteiger partial charge in [-0.3, -0.25) is 14.5 Å². The number of aliphatic imine (C=N–C) groups is 1. The average Bonchev–Trinajstić information content (AvgIpc) is 3.15. The van der Waals surface area contributed by atoms with Crippen LogP contribution in [0.5, 0.6) is 0 Å². The first-order chi connectivity index (χ1) is 13.1. The third-order valence-electron chi connectivity index (χ3n) is 4.54. The van der Waals surface area contributed by atoms with Gasteiger partial charge < -0.3 is 20.3 Å². The molecule has 1 saturated heterocycles. The van der Waals surface area contributed by atoms with E-state index in [2.05, 4.69) is 25.6 Å². The third kappa shape index (κ3) is 5.44. The van der Waals surface area contributed by atoms with Gasteiger partial charge in [0.25, 0.3) is 5.91 Å². The molecule has 0 saturated carbocycles. The van der Waals surface area contributed by atoms with Crippen molar-refractivity contribution in [3.05, 3.63) is 53.3 Å². The van der Waals surface area contributed by atoms with Crippen LogP contribution in [0, 0.1) is 0 Å². The standard InChI is InChI=1S/C19H26N6O2.HI/c1-20-18(26)15-6-4-5-14(9-15)10-22-19(21-2)25-7-8-27-17(13-25)16-11-23-24(3)12-16;/h4-6,9,11-12,17H,7-8,10,13H2,1-3H3,(H,20,26)(H,21,22);1H. The van der Waals surface area contributed by atoms with Crippen molar-refractivity contribution in [1.82, 2.24) is 25.3 Å². The lowest BCUT2D eigenvalue weighted by Crippen LogP contribution is -2.47. The fourth-order valence-corrected chi connectivity index (χ4v) is 3.13. The number of hydrogen-bond acceptors (Lipinski definition) is 4. The predicted octanol–water partition coefficient (Wildman–Crippen LogP) is 1.55. The Kier molecular flexibility index (Phi) is 8.24. The Hall–Kier alpha value is -2.14. The number of carbonyl (C=O) groups excluding carboxylic acids is 1. The van der Waals surface area contributed by atoms with E-state index >= 15 is 0 Å². The number of aryl methyl sites for hydroxylation is 1. The maximum absolute atomic E-state index is 11.8. The molecule has 0 aliphatic carbocycles. The molecule has 9 heteroatoms. The summed E-state index contributed by atoms with van der Waals surface area (Å²) in [7, 11) is 5.31. The SMILES string of the molecule is CN=C(NCc1cccc(C(=O)NC)c1)N1CCOC(c2cnn(C)c2)C1.I. The fourth-order valence-electron chi connectivity index (χ4n) is 3.13. The molecule has 8 nitrogen and oxygen atoms in total. The lowest BCUT2D eigenvalue weighted by atomic mass is 10.1. The Morgan fingerprint density at radius 1 is 1.43 bits per heavy atom. The quantitative estimate of drug-likeness (QED) is 0.380. The Morgan fingerprint density at radius 3 is 2.93 bits per heavy atom. The Morgan fingerprint density at radius 2 is 2.25 bits per heavy atom. The van der Waals surface area contributed by atoms with Gasteiger partial charge >= 0.3 is 0 Å². The molecule has 1 aliphatic rings. The monoisotopic (exact) mass is 498 g/mol. The molecule has 2 aromatic rings. The van der Waals surface area contributed by atoms with E-state index in [0.717, 1.165) is 23.6 Å². The first kappa shape index (κ1) is 22.2. The first-order valence-corrected chi connectivity index (χ1v) is 8.97. The molecular formula is C19H27IN6O2. The Bertz CT molecular complexity index is 822. The second kappa shape index (κ2) is 10.4. The average molecular weight is 498 g/mol. The van der Waals surface area contributed by atoms with Gasteiger partial charge in [-0.25, -0.2) is 0 Å². The summed E-state index contributed by atoms with van der Waals surface area (Å²) in [6.07, 6.45) is 3.80. The van der Waals surface area contributed by atoms with Crippen LogP contribution in [0.2, 0.25) is 0 Å². The molecule has 2 heterocycles. The molecule has 0 bridgehead atoms. The largest absolute Gasteiger partial charge is 0.370 e. The summed E-state index contributed by atoms with van der Waals surface area (Å²) in [4.78, 5) is 18.4. The maximum Gasteiger partial charge on any atom is 0.251 e. The van der Waals surface area contributed by atoms with Gasteiger partial charge in [0, 0.05) is 51.6 Å². The number of morpholine rings is 1. The zero-order chi connectivity index (χ0) is 19.2. The summed E-state index contributed by atoms with van der Waals surface area (Å²) in [5, 5.41) is 10.3. The Balaban J connectivity index is 0.00000280. The topological polar surface area (TPSA) is 83.8 Å². The molecule has 3 rings (SSSR count). The highest BCUT2D eigenvalue weighted by Crippen LogP contribution is 2.21. The molecular weight excluding hydrogens is 471 g/mol. The van der Waals surface area contributed by atoms with E-state index in [1.54, 1.807) is 24.8 Å². The van der Waals surface area contributed by atoms with Crippen molar-refractivity contribution >= 4 is 35.8 Å². The van der Waals surface area contributed by atoms with Crippen LogP contribution in [0.15, 0.2) is 41.7 Å². The van der Waals surface area contributed by atoms with E-state index in [9.17, 15) is 4.79 Å². The number of benzene rings is 1. The summed E-state index contributed by atoms with van der Waals surface area (Å²) in [5.74, 6) is 0.728. The number of ether oxygens (including phenoxy) is 1. The van der Waals surface area contributed by atoms with Crippen LogP contribution in [-0.2, 0) is 18.3 Å². The number of nitrogens with zero attached hydrogens (tertiary/aromatic N) is 4.